The first-order valence-electron chi connectivity index (χ1n) is 7.95. The lowest BCUT2D eigenvalue weighted by Gasteiger charge is -2.20. The summed E-state index contributed by atoms with van der Waals surface area (Å²) in [6, 6.07) is 11.6. The molecule has 26 heavy (non-hydrogen) atoms. The van der Waals surface area contributed by atoms with Crippen molar-refractivity contribution in [2.45, 2.75) is 36.1 Å². The maximum absolute atomic E-state index is 12.5. The zero-order valence-electron chi connectivity index (χ0n) is 13.9. The molecule has 0 spiro atoms. The van der Waals surface area contributed by atoms with Crippen LogP contribution in [0, 0.1) is 0 Å². The predicted octanol–water partition coefficient (Wildman–Crippen LogP) is 2.19. The van der Waals surface area contributed by atoms with E-state index in [1.807, 2.05) is 6.07 Å². The molecule has 2 aromatic carbocycles. The van der Waals surface area contributed by atoms with Gasteiger partial charge in [0.1, 0.15) is 5.50 Å². The number of carboxylic acids is 1. The molecular formula is C18H20ClNO5S. The average molecular weight is 398 g/mol. The first-order chi connectivity index (χ1) is 11.9. The van der Waals surface area contributed by atoms with Crippen molar-refractivity contribution in [2.24, 2.45) is 0 Å². The van der Waals surface area contributed by atoms with Gasteiger partial charge < -0.3 is 10.6 Å². The van der Waals surface area contributed by atoms with E-state index in [-0.39, 0.29) is 16.8 Å². The number of halogens is 1. The summed E-state index contributed by atoms with van der Waals surface area (Å²) in [5.74, 6) is -0.978. The second-order valence-electron chi connectivity index (χ2n) is 6.00. The van der Waals surface area contributed by atoms with Crippen molar-refractivity contribution in [3.05, 3.63) is 64.7 Å². The van der Waals surface area contributed by atoms with Gasteiger partial charge >= 0.3 is 5.97 Å². The van der Waals surface area contributed by atoms with Crippen LogP contribution in [0.15, 0.2) is 47.4 Å². The zero-order chi connectivity index (χ0) is 18.0. The molecule has 0 bridgehead atoms. The molecule has 0 saturated heterocycles. The maximum atomic E-state index is 12.5. The number of hydrogen-bond donors (Lipinski definition) is 2. The number of sulfonamides is 1. The van der Waals surface area contributed by atoms with Crippen LogP contribution in [0.1, 0.15) is 34.2 Å². The van der Waals surface area contributed by atoms with Crippen molar-refractivity contribution >= 4 is 27.6 Å². The standard InChI is InChI=1S/C18H18ClNO4S.H2O/c19-18(20-25(23,24)14-6-2-1-3-7-14)17-13(11-16(21)22)10-9-12-5-4-8-15(12)17;/h1-3,6-7,9-10,18,20H,4-5,8,11H2,(H,21,22);1H2. The average Bonchev–Trinajstić information content (AvgIpc) is 3.03. The third-order valence-electron chi connectivity index (χ3n) is 4.32. The van der Waals surface area contributed by atoms with Crippen LogP contribution in [0.4, 0.5) is 0 Å². The summed E-state index contributed by atoms with van der Waals surface area (Å²) < 4.78 is 27.6. The molecule has 2 aromatic rings. The Bertz CT molecular complexity index is 899. The normalized spacial score (nSPS) is 14.3. The number of hydrogen-bond acceptors (Lipinski definition) is 3. The fourth-order valence-electron chi connectivity index (χ4n) is 3.24. The maximum Gasteiger partial charge on any atom is 0.307 e. The summed E-state index contributed by atoms with van der Waals surface area (Å²) in [5, 5.41) is 9.15. The molecule has 1 aliphatic carbocycles. The number of rotatable bonds is 6. The zero-order valence-corrected chi connectivity index (χ0v) is 15.5. The van der Waals surface area contributed by atoms with Gasteiger partial charge in [0.05, 0.1) is 11.3 Å². The van der Waals surface area contributed by atoms with Crippen LogP contribution >= 0.6 is 11.6 Å². The third-order valence-corrected chi connectivity index (χ3v) is 6.22. The molecule has 0 amide bonds. The fourth-order valence-corrected chi connectivity index (χ4v) is 4.90. The minimum Gasteiger partial charge on any atom is -0.481 e. The van der Waals surface area contributed by atoms with Crippen LogP contribution < -0.4 is 4.72 Å². The predicted molar refractivity (Wildman–Crippen MR) is 98.8 cm³/mol. The highest BCUT2D eigenvalue weighted by molar-refractivity contribution is 7.89. The summed E-state index contributed by atoms with van der Waals surface area (Å²) in [5.41, 5.74) is 2.18. The van der Waals surface area contributed by atoms with Gasteiger partial charge in [0.15, 0.2) is 0 Å². The van der Waals surface area contributed by atoms with Gasteiger partial charge in [0.25, 0.3) is 0 Å². The number of aliphatic carboxylic acids is 1. The number of aryl methyl sites for hydroxylation is 1. The SMILES string of the molecule is O.O=C(O)Cc1ccc2c(c1C(Cl)NS(=O)(=O)c1ccccc1)CCC2. The molecule has 0 aliphatic heterocycles. The Morgan fingerprint density at radius 3 is 2.50 bits per heavy atom. The highest BCUT2D eigenvalue weighted by atomic mass is 35.5. The van der Waals surface area contributed by atoms with Crippen LogP contribution in [0.5, 0.6) is 0 Å². The summed E-state index contributed by atoms with van der Waals surface area (Å²) in [7, 11) is -3.80. The van der Waals surface area contributed by atoms with Crippen molar-refractivity contribution in [3.63, 3.8) is 0 Å². The molecule has 140 valence electrons. The lowest BCUT2D eigenvalue weighted by molar-refractivity contribution is -0.136. The molecule has 1 unspecified atom stereocenters. The fraction of sp³-hybridized carbons (Fsp3) is 0.278. The van der Waals surface area contributed by atoms with Crippen LogP contribution in [0.25, 0.3) is 0 Å². The van der Waals surface area contributed by atoms with Gasteiger partial charge in [0.2, 0.25) is 10.0 Å². The minimum absolute atomic E-state index is 0. The first kappa shape index (κ1) is 20.4. The quantitative estimate of drug-likeness (QED) is 0.574. The Hall–Kier alpha value is -1.93. The van der Waals surface area contributed by atoms with E-state index in [1.54, 1.807) is 24.3 Å². The molecule has 8 heteroatoms. The van der Waals surface area contributed by atoms with Crippen molar-refractivity contribution in [1.82, 2.24) is 4.72 Å². The lowest BCUT2D eigenvalue weighted by atomic mass is 9.95. The van der Waals surface area contributed by atoms with E-state index >= 15 is 0 Å². The lowest BCUT2D eigenvalue weighted by Crippen LogP contribution is -2.27. The largest absolute Gasteiger partial charge is 0.481 e. The molecular weight excluding hydrogens is 378 g/mol. The van der Waals surface area contributed by atoms with Gasteiger partial charge in [-0.3, -0.25) is 4.79 Å². The molecule has 1 aliphatic rings. The highest BCUT2D eigenvalue weighted by Crippen LogP contribution is 2.34. The Labute approximate surface area is 157 Å². The highest BCUT2D eigenvalue weighted by Gasteiger charge is 2.27. The summed E-state index contributed by atoms with van der Waals surface area (Å²) in [6.45, 7) is 0. The van der Waals surface area contributed by atoms with Gasteiger partial charge in [-0.1, -0.05) is 41.9 Å². The Kier molecular flexibility index (Phi) is 6.41. The van der Waals surface area contributed by atoms with Gasteiger partial charge in [-0.15, -0.1) is 0 Å². The molecule has 3 rings (SSSR count). The van der Waals surface area contributed by atoms with E-state index in [0.717, 1.165) is 30.4 Å². The Morgan fingerprint density at radius 2 is 1.85 bits per heavy atom. The number of alkyl halides is 1. The van der Waals surface area contributed by atoms with Crippen molar-refractivity contribution in [1.29, 1.82) is 0 Å². The number of carboxylic acid groups (broad SMARTS) is 1. The smallest absolute Gasteiger partial charge is 0.307 e. The third kappa shape index (κ3) is 4.24. The van der Waals surface area contributed by atoms with Crippen molar-refractivity contribution in [3.8, 4) is 0 Å². The van der Waals surface area contributed by atoms with Gasteiger partial charge in [0, 0.05) is 0 Å². The van der Waals surface area contributed by atoms with Crippen molar-refractivity contribution in [2.75, 3.05) is 0 Å². The van der Waals surface area contributed by atoms with E-state index in [2.05, 4.69) is 4.72 Å². The molecule has 0 fully saturated rings. The Balaban J connectivity index is 0.00000243. The van der Waals surface area contributed by atoms with Crippen molar-refractivity contribution < 1.29 is 23.8 Å². The number of benzene rings is 2. The number of fused-ring (bicyclic) bond motifs is 1. The first-order valence-corrected chi connectivity index (χ1v) is 9.87. The molecule has 0 heterocycles. The van der Waals surface area contributed by atoms with Crippen LogP contribution in [0.2, 0.25) is 0 Å². The van der Waals surface area contributed by atoms with Gasteiger partial charge in [-0.05, 0) is 53.6 Å². The molecule has 0 saturated carbocycles. The summed E-state index contributed by atoms with van der Waals surface area (Å²) >= 11 is 6.43. The molecule has 0 aromatic heterocycles. The van der Waals surface area contributed by atoms with E-state index in [0.29, 0.717) is 11.1 Å². The number of carbonyl (C=O) groups is 1. The number of nitrogens with one attached hydrogen (secondary N) is 1. The summed E-state index contributed by atoms with van der Waals surface area (Å²) in [6.07, 6.45) is 2.42. The minimum atomic E-state index is -3.80. The van der Waals surface area contributed by atoms with E-state index < -0.39 is 21.5 Å². The summed E-state index contributed by atoms with van der Waals surface area (Å²) in [4.78, 5) is 11.3. The second-order valence-corrected chi connectivity index (χ2v) is 8.15. The van der Waals surface area contributed by atoms with Crippen LogP contribution in [-0.2, 0) is 34.1 Å². The second kappa shape index (κ2) is 8.18. The van der Waals surface area contributed by atoms with Gasteiger partial charge in [-0.2, -0.15) is 4.72 Å². The molecule has 4 N–H and O–H groups in total. The van der Waals surface area contributed by atoms with E-state index in [4.69, 9.17) is 16.7 Å². The van der Waals surface area contributed by atoms with Crippen LogP contribution in [0.3, 0.4) is 0 Å². The monoisotopic (exact) mass is 397 g/mol. The molecule has 6 nitrogen and oxygen atoms in total. The molecule has 1 atom stereocenters. The van der Waals surface area contributed by atoms with E-state index in [9.17, 15) is 13.2 Å². The van der Waals surface area contributed by atoms with Gasteiger partial charge in [-0.25, -0.2) is 8.42 Å². The molecule has 0 radical (unpaired) electrons. The topological polar surface area (TPSA) is 115 Å². The Morgan fingerprint density at radius 1 is 1.15 bits per heavy atom. The van der Waals surface area contributed by atoms with E-state index in [1.165, 1.54) is 12.1 Å². The van der Waals surface area contributed by atoms with Crippen LogP contribution in [-0.4, -0.2) is 25.0 Å².